The van der Waals surface area contributed by atoms with Crippen LogP contribution >= 0.6 is 23.2 Å². The molecular formula is C31H32Cl2FN7O6S. The van der Waals surface area contributed by atoms with E-state index in [2.05, 4.69) is 16.8 Å². The van der Waals surface area contributed by atoms with Crippen LogP contribution in [-0.4, -0.2) is 114 Å². The van der Waals surface area contributed by atoms with Crippen LogP contribution in [0.4, 0.5) is 15.8 Å². The Kier molecular flexibility index (Phi) is 8.79. The van der Waals surface area contributed by atoms with Gasteiger partial charge in [-0.15, -0.1) is 0 Å². The monoisotopic (exact) mass is 719 g/mol. The quantitative estimate of drug-likeness (QED) is 0.234. The summed E-state index contributed by atoms with van der Waals surface area (Å²) in [5.41, 5.74) is 2.30. The molecule has 2 amide bonds. The van der Waals surface area contributed by atoms with Crippen molar-refractivity contribution in [2.75, 3.05) is 56.3 Å². The minimum absolute atomic E-state index is 0.0421. The number of benzene rings is 2. The number of aromatic amines is 1. The van der Waals surface area contributed by atoms with Gasteiger partial charge in [-0.2, -0.15) is 13.5 Å². The first-order chi connectivity index (χ1) is 22.6. The number of nitrogens with zero attached hydrogens (tertiary/aromatic N) is 6. The first kappa shape index (κ1) is 33.9. The summed E-state index contributed by atoms with van der Waals surface area (Å²) in [5.74, 6) is -0.909. The summed E-state index contributed by atoms with van der Waals surface area (Å²) < 4.78 is 49.1. The van der Waals surface area contributed by atoms with Crippen molar-refractivity contribution >= 4 is 78.3 Å². The number of aromatic nitrogens is 3. The molecule has 0 spiro atoms. The molecule has 2 N–H and O–H groups in total. The highest BCUT2D eigenvalue weighted by molar-refractivity contribution is 7.85. The lowest BCUT2D eigenvalue weighted by Gasteiger charge is -2.52. The van der Waals surface area contributed by atoms with Gasteiger partial charge in [-0.3, -0.25) is 19.2 Å². The zero-order valence-electron chi connectivity index (χ0n) is 26.4. The number of hydrogen-bond donors (Lipinski definition) is 2. The van der Waals surface area contributed by atoms with E-state index in [9.17, 15) is 18.0 Å². The van der Waals surface area contributed by atoms with Crippen LogP contribution in [-0.2, 0) is 19.7 Å². The average Bonchev–Trinajstić information content (AvgIpc) is 3.48. The van der Waals surface area contributed by atoms with Crippen molar-refractivity contribution in [1.82, 2.24) is 25.0 Å². The van der Waals surface area contributed by atoms with E-state index in [0.29, 0.717) is 57.6 Å². The second kappa shape index (κ2) is 12.5. The Labute approximate surface area is 285 Å². The highest BCUT2D eigenvalue weighted by Crippen LogP contribution is 2.52. The van der Waals surface area contributed by atoms with Crippen molar-refractivity contribution in [3.63, 3.8) is 0 Å². The third-order valence-corrected chi connectivity index (χ3v) is 9.06. The summed E-state index contributed by atoms with van der Waals surface area (Å²) in [5, 5.41) is 8.48. The van der Waals surface area contributed by atoms with Crippen LogP contribution in [0.2, 0.25) is 10.0 Å². The molecule has 1 fully saturated rings. The third kappa shape index (κ3) is 5.94. The summed E-state index contributed by atoms with van der Waals surface area (Å²) in [4.78, 5) is 38.7. The molecule has 0 bridgehead atoms. The second-order valence-corrected chi connectivity index (χ2v) is 14.5. The van der Waals surface area contributed by atoms with Gasteiger partial charge in [0.1, 0.15) is 23.3 Å². The molecule has 48 heavy (non-hydrogen) atoms. The van der Waals surface area contributed by atoms with Gasteiger partial charge in [-0.1, -0.05) is 29.8 Å². The van der Waals surface area contributed by atoms with Crippen molar-refractivity contribution in [1.29, 1.82) is 0 Å². The van der Waals surface area contributed by atoms with Crippen molar-refractivity contribution < 1.29 is 31.7 Å². The second-order valence-electron chi connectivity index (χ2n) is 12.2. The molecular weight excluding hydrogens is 688 g/mol. The normalized spacial score (nSPS) is 20.3. The van der Waals surface area contributed by atoms with Crippen molar-refractivity contribution in [3.05, 3.63) is 52.9 Å². The molecule has 0 aliphatic carbocycles. The molecule has 254 valence electrons. The molecule has 3 aliphatic heterocycles. The lowest BCUT2D eigenvalue weighted by Crippen LogP contribution is -2.67. The summed E-state index contributed by atoms with van der Waals surface area (Å²) in [7, 11) is 0.153. The van der Waals surface area contributed by atoms with Gasteiger partial charge in [-0.25, -0.2) is 9.37 Å². The number of carbonyl (C=O) groups excluding carboxylic acids is 2. The minimum Gasteiger partial charge on any atom is -0.470 e. The average molecular weight is 721 g/mol. The number of nitrogens with one attached hydrogen (secondary N) is 1. The summed E-state index contributed by atoms with van der Waals surface area (Å²) >= 11 is 13.5. The molecule has 0 radical (unpaired) electrons. The largest absolute Gasteiger partial charge is 0.470 e. The van der Waals surface area contributed by atoms with E-state index in [4.69, 9.17) is 37.5 Å². The van der Waals surface area contributed by atoms with Gasteiger partial charge < -0.3 is 24.3 Å². The molecule has 2 aromatic heterocycles. The molecule has 1 saturated heterocycles. The number of likely N-dealkylation sites (N-methyl/N-ethyl adjacent to an activating group) is 1. The SMILES string of the molecule is C=CC(=O)N1C[C@@H]2C(=O)N3C[C@@H](CN(C)C)Oc4nc5c(F)c(-c6c(Cl)ccc7[nH]ncc67)c(Cl)cc5c(c43)N2C[C@H]1C.CS(=O)(=O)O. The lowest BCUT2D eigenvalue weighted by molar-refractivity contribution is -0.131. The molecule has 4 aromatic rings. The van der Waals surface area contributed by atoms with Gasteiger partial charge in [0.2, 0.25) is 11.8 Å². The van der Waals surface area contributed by atoms with E-state index in [1.807, 2.05) is 30.8 Å². The van der Waals surface area contributed by atoms with E-state index in [0.717, 1.165) is 0 Å². The van der Waals surface area contributed by atoms with Crippen LogP contribution in [0.3, 0.4) is 0 Å². The highest BCUT2D eigenvalue weighted by Gasteiger charge is 2.49. The topological polar surface area (TPSA) is 152 Å². The van der Waals surface area contributed by atoms with Gasteiger partial charge >= 0.3 is 0 Å². The van der Waals surface area contributed by atoms with Gasteiger partial charge in [0, 0.05) is 46.1 Å². The summed E-state index contributed by atoms with van der Waals surface area (Å²) in [6.45, 7) is 6.83. The van der Waals surface area contributed by atoms with Crippen LogP contribution in [0.25, 0.3) is 32.9 Å². The van der Waals surface area contributed by atoms with E-state index in [1.54, 1.807) is 34.2 Å². The van der Waals surface area contributed by atoms with Gasteiger partial charge in [-0.05, 0) is 45.3 Å². The smallest absolute Gasteiger partial charge is 0.261 e. The molecule has 7 rings (SSSR count). The Bertz CT molecular complexity index is 2100. The van der Waals surface area contributed by atoms with Gasteiger partial charge in [0.05, 0.1) is 41.8 Å². The highest BCUT2D eigenvalue weighted by atomic mass is 35.5. The molecule has 0 unspecified atom stereocenters. The fraction of sp³-hybridized carbons (Fsp3) is 0.355. The Morgan fingerprint density at radius 1 is 1.19 bits per heavy atom. The predicted octanol–water partition coefficient (Wildman–Crippen LogP) is 3.99. The van der Waals surface area contributed by atoms with Crippen LogP contribution < -0.4 is 14.5 Å². The Morgan fingerprint density at radius 2 is 1.90 bits per heavy atom. The summed E-state index contributed by atoms with van der Waals surface area (Å²) in [6, 6.07) is 4.16. The minimum atomic E-state index is -3.67. The summed E-state index contributed by atoms with van der Waals surface area (Å²) in [6.07, 6.45) is 3.14. The maximum atomic E-state index is 16.9. The number of H-pyrrole nitrogens is 1. The molecule has 0 saturated carbocycles. The Balaban J connectivity index is 0.000000749. The number of fused-ring (bicyclic) bond motifs is 5. The number of ether oxygens (including phenoxy) is 1. The lowest BCUT2D eigenvalue weighted by atomic mass is 9.94. The fourth-order valence-corrected chi connectivity index (χ4v) is 7.15. The van der Waals surface area contributed by atoms with Crippen molar-refractivity contribution in [2.45, 2.75) is 25.1 Å². The maximum absolute atomic E-state index is 16.9. The first-order valence-electron chi connectivity index (χ1n) is 14.8. The fourth-order valence-electron chi connectivity index (χ4n) is 6.60. The number of piperazine rings is 1. The van der Waals surface area contributed by atoms with E-state index in [1.165, 1.54) is 6.08 Å². The van der Waals surface area contributed by atoms with E-state index < -0.39 is 28.1 Å². The van der Waals surface area contributed by atoms with Crippen molar-refractivity contribution in [3.8, 4) is 17.0 Å². The third-order valence-electron chi connectivity index (χ3n) is 8.45. The number of carbonyl (C=O) groups is 2. The predicted molar refractivity (Wildman–Crippen MR) is 182 cm³/mol. The first-order valence-corrected chi connectivity index (χ1v) is 17.4. The van der Waals surface area contributed by atoms with Crippen LogP contribution in [0.15, 0.2) is 37.1 Å². The molecule has 3 aliphatic rings. The zero-order chi connectivity index (χ0) is 34.8. The number of rotatable bonds is 4. The van der Waals surface area contributed by atoms with Gasteiger partial charge in [0.25, 0.3) is 16.0 Å². The maximum Gasteiger partial charge on any atom is 0.261 e. The van der Waals surface area contributed by atoms with E-state index in [-0.39, 0.29) is 52.9 Å². The standard InChI is InChI=1S/C30H28Cl2FN7O3.CH4O3S/c1-5-22(41)38-13-21-30(42)40-12-15(11-37(3)4)43-29-28(40)27(39(21)10-14(38)2)16-8-19(32)24(25(33)26(16)35-29)23-17-9-34-36-20(17)7-6-18(23)31;1-5(2,3)4/h5-9,14-15,21H,1,10-13H2,2-4H3,(H,34,36);1H3,(H,2,3,4)/t14-,15-,21-;/m1./s1. The zero-order valence-corrected chi connectivity index (χ0v) is 28.7. The van der Waals surface area contributed by atoms with Gasteiger partial charge in [0.15, 0.2) is 5.82 Å². The number of amides is 2. The molecule has 13 nitrogen and oxygen atoms in total. The number of halogens is 3. The van der Waals surface area contributed by atoms with Crippen LogP contribution in [0.5, 0.6) is 5.88 Å². The molecule has 5 heterocycles. The molecule has 2 aromatic carbocycles. The number of hydrogen-bond acceptors (Lipinski definition) is 9. The number of anilines is 2. The number of pyridine rings is 1. The Hall–Kier alpha value is -4.02. The van der Waals surface area contributed by atoms with Crippen LogP contribution in [0, 0.1) is 5.82 Å². The van der Waals surface area contributed by atoms with E-state index >= 15 is 4.39 Å². The van der Waals surface area contributed by atoms with Crippen LogP contribution in [0.1, 0.15) is 6.92 Å². The Morgan fingerprint density at radius 3 is 2.56 bits per heavy atom. The molecule has 17 heteroatoms. The van der Waals surface area contributed by atoms with Crippen molar-refractivity contribution in [2.24, 2.45) is 0 Å². The molecule has 3 atom stereocenters.